The first kappa shape index (κ1) is 9.65. The first-order valence-corrected chi connectivity index (χ1v) is 5.27. The summed E-state index contributed by atoms with van der Waals surface area (Å²) in [7, 11) is 0. The van der Waals surface area contributed by atoms with E-state index in [0.29, 0.717) is 0 Å². The van der Waals surface area contributed by atoms with Crippen molar-refractivity contribution in [1.82, 2.24) is 0 Å². The summed E-state index contributed by atoms with van der Waals surface area (Å²) in [5.74, 6) is 6.48. The normalized spacial score (nSPS) is 21.3. The van der Waals surface area contributed by atoms with Crippen molar-refractivity contribution in [2.75, 3.05) is 0 Å². The van der Waals surface area contributed by atoms with Crippen LogP contribution >= 0.6 is 0 Å². The Morgan fingerprint density at radius 2 is 1.25 bits per heavy atom. The zero-order valence-corrected chi connectivity index (χ0v) is 7.94. The predicted octanol–water partition coefficient (Wildman–Crippen LogP) is 3.72. The molecule has 0 aromatic carbocycles. The molecule has 0 nitrogen and oxygen atoms in total. The van der Waals surface area contributed by atoms with E-state index in [1.54, 1.807) is 0 Å². The summed E-state index contributed by atoms with van der Waals surface area (Å²) < 4.78 is 0. The van der Waals surface area contributed by atoms with Crippen molar-refractivity contribution < 1.29 is 0 Å². The van der Waals surface area contributed by atoms with Crippen molar-refractivity contribution in [1.29, 1.82) is 0 Å². The van der Waals surface area contributed by atoms with Gasteiger partial charge in [-0.1, -0.05) is 32.1 Å². The molecule has 0 aromatic heterocycles. The first-order valence-electron chi connectivity index (χ1n) is 5.27. The van der Waals surface area contributed by atoms with Crippen LogP contribution in [0.3, 0.4) is 0 Å². The van der Waals surface area contributed by atoms with E-state index in [0.717, 1.165) is 12.8 Å². The zero-order chi connectivity index (χ0) is 8.49. The van der Waals surface area contributed by atoms with Crippen LogP contribution in [0.4, 0.5) is 0 Å². The van der Waals surface area contributed by atoms with Gasteiger partial charge in [0.2, 0.25) is 0 Å². The second-order valence-corrected chi connectivity index (χ2v) is 3.49. The molecule has 0 bridgehead atoms. The fourth-order valence-corrected chi connectivity index (χ4v) is 1.50. The molecule has 1 rings (SSSR count). The van der Waals surface area contributed by atoms with Crippen LogP contribution in [-0.2, 0) is 0 Å². The van der Waals surface area contributed by atoms with Crippen molar-refractivity contribution in [3.05, 3.63) is 6.42 Å². The highest BCUT2D eigenvalue weighted by molar-refractivity contribution is 4.98. The molecule has 0 heterocycles. The molecular formula is C12H19. The predicted molar refractivity (Wildman–Crippen MR) is 53.6 cm³/mol. The van der Waals surface area contributed by atoms with Crippen LogP contribution in [0.5, 0.6) is 0 Å². The van der Waals surface area contributed by atoms with E-state index in [-0.39, 0.29) is 0 Å². The standard InChI is InChI=1S/C12H19/c1-2-4-6-8-10-12-11-9-7-5-3-1/h1H,2-10H2. The Bertz CT molecular complexity index is 131. The average molecular weight is 163 g/mol. The lowest BCUT2D eigenvalue weighted by Gasteiger charge is -2.00. The number of hydrogen-bond donors (Lipinski definition) is 0. The van der Waals surface area contributed by atoms with Crippen molar-refractivity contribution in [3.8, 4) is 11.8 Å². The van der Waals surface area contributed by atoms with E-state index in [1.165, 1.54) is 44.9 Å². The van der Waals surface area contributed by atoms with Gasteiger partial charge >= 0.3 is 0 Å². The van der Waals surface area contributed by atoms with E-state index in [1.807, 2.05) is 0 Å². The Hall–Kier alpha value is -0.440. The van der Waals surface area contributed by atoms with E-state index >= 15 is 0 Å². The molecule has 0 atom stereocenters. The Kier molecular flexibility index (Phi) is 5.81. The van der Waals surface area contributed by atoms with Gasteiger partial charge in [0.05, 0.1) is 0 Å². The molecule has 67 valence electrons. The third kappa shape index (κ3) is 5.24. The highest BCUT2D eigenvalue weighted by Crippen LogP contribution is 2.10. The molecule has 0 heteroatoms. The quantitative estimate of drug-likeness (QED) is 0.477. The number of rotatable bonds is 0. The molecule has 1 aliphatic carbocycles. The molecule has 0 amide bonds. The molecule has 0 fully saturated rings. The molecule has 0 saturated carbocycles. The molecule has 0 saturated heterocycles. The van der Waals surface area contributed by atoms with Crippen LogP contribution in [0.2, 0.25) is 0 Å². The van der Waals surface area contributed by atoms with Crippen molar-refractivity contribution >= 4 is 0 Å². The third-order valence-corrected chi connectivity index (χ3v) is 2.30. The summed E-state index contributed by atoms with van der Waals surface area (Å²) in [6, 6.07) is 0. The molecule has 12 heavy (non-hydrogen) atoms. The van der Waals surface area contributed by atoms with Gasteiger partial charge in [0.25, 0.3) is 0 Å². The molecule has 0 N–H and O–H groups in total. The summed E-state index contributed by atoms with van der Waals surface area (Å²) in [6.45, 7) is 0. The van der Waals surface area contributed by atoms with Crippen molar-refractivity contribution in [2.45, 2.75) is 57.8 Å². The SMILES string of the molecule is C1#CCCCCC[CH]CCCC1. The fourth-order valence-electron chi connectivity index (χ4n) is 1.50. The Morgan fingerprint density at radius 1 is 0.667 bits per heavy atom. The maximum absolute atomic E-state index is 3.24. The van der Waals surface area contributed by atoms with Gasteiger partial charge in [-0.3, -0.25) is 0 Å². The second-order valence-electron chi connectivity index (χ2n) is 3.49. The van der Waals surface area contributed by atoms with Crippen LogP contribution in [0.15, 0.2) is 0 Å². The van der Waals surface area contributed by atoms with E-state index < -0.39 is 0 Å². The molecule has 0 aliphatic heterocycles. The largest absolute Gasteiger partial charge is 0.103 e. The molecule has 1 aliphatic rings. The van der Waals surface area contributed by atoms with E-state index in [2.05, 4.69) is 18.3 Å². The highest BCUT2D eigenvalue weighted by Gasteiger charge is 1.92. The van der Waals surface area contributed by atoms with E-state index in [4.69, 9.17) is 0 Å². The van der Waals surface area contributed by atoms with Gasteiger partial charge in [-0.25, -0.2) is 0 Å². The van der Waals surface area contributed by atoms with Gasteiger partial charge in [-0.05, 0) is 19.3 Å². The smallest absolute Gasteiger partial charge is 0.00886 e. The van der Waals surface area contributed by atoms with Crippen LogP contribution in [0.1, 0.15) is 57.8 Å². The van der Waals surface area contributed by atoms with Gasteiger partial charge in [-0.2, -0.15) is 0 Å². The molecule has 1 radical (unpaired) electrons. The third-order valence-electron chi connectivity index (χ3n) is 2.30. The maximum Gasteiger partial charge on any atom is 0.00886 e. The Labute approximate surface area is 76.7 Å². The monoisotopic (exact) mass is 163 g/mol. The van der Waals surface area contributed by atoms with E-state index in [9.17, 15) is 0 Å². The van der Waals surface area contributed by atoms with Crippen molar-refractivity contribution in [2.24, 2.45) is 0 Å². The van der Waals surface area contributed by atoms with Gasteiger partial charge in [-0.15, -0.1) is 11.8 Å². The van der Waals surface area contributed by atoms with Crippen LogP contribution < -0.4 is 0 Å². The van der Waals surface area contributed by atoms with Crippen LogP contribution in [0.25, 0.3) is 0 Å². The Morgan fingerprint density at radius 3 is 2.00 bits per heavy atom. The van der Waals surface area contributed by atoms with Crippen LogP contribution in [-0.4, -0.2) is 0 Å². The molecule has 0 aromatic rings. The summed E-state index contributed by atoms with van der Waals surface area (Å²) in [5.41, 5.74) is 0. The molecule has 0 spiro atoms. The minimum atomic E-state index is 1.12. The summed E-state index contributed by atoms with van der Waals surface area (Å²) >= 11 is 0. The topological polar surface area (TPSA) is 0 Å². The lowest BCUT2D eigenvalue weighted by Crippen LogP contribution is -1.83. The fraction of sp³-hybridized carbons (Fsp3) is 0.750. The lowest BCUT2D eigenvalue weighted by atomic mass is 10.1. The molecule has 0 unspecified atom stereocenters. The summed E-state index contributed by atoms with van der Waals surface area (Å²) in [4.78, 5) is 0. The minimum Gasteiger partial charge on any atom is -0.103 e. The van der Waals surface area contributed by atoms with Crippen LogP contribution in [0, 0.1) is 18.3 Å². The zero-order valence-electron chi connectivity index (χ0n) is 7.94. The minimum absolute atomic E-state index is 1.12. The average Bonchev–Trinajstić information content (AvgIpc) is 2.05. The van der Waals surface area contributed by atoms with Gasteiger partial charge in [0, 0.05) is 12.8 Å². The number of hydrogen-bond acceptors (Lipinski definition) is 0. The first-order chi connectivity index (χ1) is 6.00. The highest BCUT2D eigenvalue weighted by atomic mass is 14.0. The Balaban J connectivity index is 2.14. The molecular weight excluding hydrogens is 144 g/mol. The van der Waals surface area contributed by atoms with Crippen molar-refractivity contribution in [3.63, 3.8) is 0 Å². The van der Waals surface area contributed by atoms with Gasteiger partial charge in [0.15, 0.2) is 0 Å². The van der Waals surface area contributed by atoms with Gasteiger partial charge in [0.1, 0.15) is 0 Å². The second kappa shape index (κ2) is 7.22. The lowest BCUT2D eigenvalue weighted by molar-refractivity contribution is 0.649. The van der Waals surface area contributed by atoms with Gasteiger partial charge < -0.3 is 0 Å². The maximum atomic E-state index is 3.24. The summed E-state index contributed by atoms with van der Waals surface area (Å²) in [6.07, 6.45) is 14.0. The summed E-state index contributed by atoms with van der Waals surface area (Å²) in [5, 5.41) is 0.